The van der Waals surface area contributed by atoms with Crippen molar-refractivity contribution in [1.82, 2.24) is 9.88 Å². The SMILES string of the molecule is Cc1ccc(/C=C2\C(=O)NC(=O)N(c3ccccc3)C2=O)n1-c1ccccc1. The van der Waals surface area contributed by atoms with Crippen LogP contribution < -0.4 is 10.2 Å². The van der Waals surface area contributed by atoms with Crippen LogP contribution in [0.4, 0.5) is 10.5 Å². The molecular formula is C22H17N3O3. The number of urea groups is 1. The second kappa shape index (κ2) is 7.00. The minimum Gasteiger partial charge on any atom is -0.314 e. The van der Waals surface area contributed by atoms with Gasteiger partial charge in [-0.1, -0.05) is 36.4 Å². The van der Waals surface area contributed by atoms with Gasteiger partial charge in [0.05, 0.1) is 5.69 Å². The molecule has 2 heterocycles. The highest BCUT2D eigenvalue weighted by Crippen LogP contribution is 2.23. The first-order chi connectivity index (χ1) is 13.6. The van der Waals surface area contributed by atoms with E-state index in [1.807, 2.05) is 54.0 Å². The smallest absolute Gasteiger partial charge is 0.314 e. The Hall–Kier alpha value is -3.93. The third kappa shape index (κ3) is 3.01. The van der Waals surface area contributed by atoms with Crippen LogP contribution in [0.2, 0.25) is 0 Å². The van der Waals surface area contributed by atoms with Crippen molar-refractivity contribution in [2.24, 2.45) is 0 Å². The molecule has 1 aliphatic rings. The molecule has 1 N–H and O–H groups in total. The van der Waals surface area contributed by atoms with Gasteiger partial charge >= 0.3 is 6.03 Å². The molecule has 0 atom stereocenters. The number of nitrogens with one attached hydrogen (secondary N) is 1. The Labute approximate surface area is 161 Å². The van der Waals surface area contributed by atoms with Gasteiger partial charge in [-0.15, -0.1) is 0 Å². The lowest BCUT2D eigenvalue weighted by Crippen LogP contribution is -2.54. The van der Waals surface area contributed by atoms with E-state index < -0.39 is 17.8 Å². The fraction of sp³-hybridized carbons (Fsp3) is 0.0455. The molecule has 0 unspecified atom stereocenters. The summed E-state index contributed by atoms with van der Waals surface area (Å²) in [7, 11) is 0. The summed E-state index contributed by atoms with van der Waals surface area (Å²) in [5, 5.41) is 2.24. The molecule has 6 nitrogen and oxygen atoms in total. The molecule has 1 fully saturated rings. The molecule has 1 aliphatic heterocycles. The molecule has 3 aromatic rings. The molecule has 0 radical (unpaired) electrons. The van der Waals surface area contributed by atoms with E-state index in [9.17, 15) is 14.4 Å². The Morgan fingerprint density at radius 2 is 1.39 bits per heavy atom. The van der Waals surface area contributed by atoms with Crippen LogP contribution in [0.25, 0.3) is 11.8 Å². The Bertz CT molecular complexity index is 1100. The molecule has 28 heavy (non-hydrogen) atoms. The number of para-hydroxylation sites is 2. The largest absolute Gasteiger partial charge is 0.335 e. The highest BCUT2D eigenvalue weighted by molar-refractivity contribution is 6.39. The van der Waals surface area contributed by atoms with Gasteiger partial charge in [0.1, 0.15) is 5.57 Å². The van der Waals surface area contributed by atoms with E-state index in [1.54, 1.807) is 30.3 Å². The lowest BCUT2D eigenvalue weighted by atomic mass is 10.1. The number of carbonyl (C=O) groups is 3. The van der Waals surface area contributed by atoms with Crippen molar-refractivity contribution in [3.63, 3.8) is 0 Å². The molecule has 2 aromatic carbocycles. The van der Waals surface area contributed by atoms with Gasteiger partial charge in [0.25, 0.3) is 11.8 Å². The highest BCUT2D eigenvalue weighted by Gasteiger charge is 2.36. The van der Waals surface area contributed by atoms with Crippen LogP contribution in [0.3, 0.4) is 0 Å². The molecule has 138 valence electrons. The number of barbiturate groups is 1. The first-order valence-corrected chi connectivity index (χ1v) is 8.76. The molecule has 0 aliphatic carbocycles. The van der Waals surface area contributed by atoms with Crippen molar-refractivity contribution < 1.29 is 14.4 Å². The maximum absolute atomic E-state index is 13.0. The van der Waals surface area contributed by atoms with Crippen LogP contribution in [-0.4, -0.2) is 22.4 Å². The van der Waals surface area contributed by atoms with Gasteiger partial charge in [-0.2, -0.15) is 0 Å². The molecule has 1 aromatic heterocycles. The maximum atomic E-state index is 13.0. The zero-order valence-electron chi connectivity index (χ0n) is 15.1. The van der Waals surface area contributed by atoms with Crippen LogP contribution in [0.15, 0.2) is 78.4 Å². The van der Waals surface area contributed by atoms with Crippen molar-refractivity contribution >= 4 is 29.6 Å². The fourth-order valence-corrected chi connectivity index (χ4v) is 3.22. The van der Waals surface area contributed by atoms with E-state index in [0.717, 1.165) is 16.3 Å². The summed E-state index contributed by atoms with van der Waals surface area (Å²) < 4.78 is 1.94. The number of aromatic nitrogens is 1. The number of hydrogen-bond acceptors (Lipinski definition) is 3. The number of aryl methyl sites for hydroxylation is 1. The van der Waals surface area contributed by atoms with Crippen molar-refractivity contribution in [2.75, 3.05) is 4.90 Å². The van der Waals surface area contributed by atoms with Crippen molar-refractivity contribution in [2.45, 2.75) is 6.92 Å². The summed E-state index contributed by atoms with van der Waals surface area (Å²) in [6.45, 7) is 1.94. The van der Waals surface area contributed by atoms with E-state index in [2.05, 4.69) is 5.32 Å². The number of rotatable bonds is 3. The summed E-state index contributed by atoms with van der Waals surface area (Å²) in [5.74, 6) is -1.36. The van der Waals surface area contributed by atoms with E-state index >= 15 is 0 Å². The summed E-state index contributed by atoms with van der Waals surface area (Å²) in [6, 6.07) is 21.1. The summed E-state index contributed by atoms with van der Waals surface area (Å²) in [4.78, 5) is 38.6. The summed E-state index contributed by atoms with van der Waals surface area (Å²) in [6.07, 6.45) is 1.51. The number of nitrogens with zero attached hydrogens (tertiary/aromatic N) is 2. The predicted molar refractivity (Wildman–Crippen MR) is 106 cm³/mol. The van der Waals surface area contributed by atoms with Crippen LogP contribution in [0.1, 0.15) is 11.4 Å². The molecule has 0 spiro atoms. The lowest BCUT2D eigenvalue weighted by Gasteiger charge is -2.26. The molecule has 6 heteroatoms. The topological polar surface area (TPSA) is 71.4 Å². The van der Waals surface area contributed by atoms with Crippen LogP contribution in [-0.2, 0) is 9.59 Å². The minimum atomic E-state index is -0.757. The zero-order chi connectivity index (χ0) is 19.7. The average molecular weight is 371 g/mol. The maximum Gasteiger partial charge on any atom is 0.335 e. The Morgan fingerprint density at radius 1 is 0.786 bits per heavy atom. The van der Waals surface area contributed by atoms with Crippen LogP contribution in [0, 0.1) is 6.92 Å². The van der Waals surface area contributed by atoms with E-state index in [0.29, 0.717) is 11.4 Å². The summed E-state index contributed by atoms with van der Waals surface area (Å²) >= 11 is 0. The molecule has 1 saturated heterocycles. The second-order valence-corrected chi connectivity index (χ2v) is 6.36. The predicted octanol–water partition coefficient (Wildman–Crippen LogP) is 3.45. The van der Waals surface area contributed by atoms with Crippen molar-refractivity contribution in [3.05, 3.63) is 89.8 Å². The van der Waals surface area contributed by atoms with E-state index in [1.165, 1.54) is 6.08 Å². The van der Waals surface area contributed by atoms with Gasteiger partial charge in [0, 0.05) is 17.1 Å². The van der Waals surface area contributed by atoms with Crippen LogP contribution >= 0.6 is 0 Å². The number of amides is 4. The van der Waals surface area contributed by atoms with Gasteiger partial charge in [-0.05, 0) is 49.4 Å². The van der Waals surface area contributed by atoms with Crippen molar-refractivity contribution in [1.29, 1.82) is 0 Å². The molecule has 0 bridgehead atoms. The second-order valence-electron chi connectivity index (χ2n) is 6.36. The molecular weight excluding hydrogens is 354 g/mol. The monoisotopic (exact) mass is 371 g/mol. The fourth-order valence-electron chi connectivity index (χ4n) is 3.22. The number of carbonyl (C=O) groups excluding carboxylic acids is 3. The molecule has 4 amide bonds. The zero-order valence-corrected chi connectivity index (χ0v) is 15.1. The normalized spacial score (nSPS) is 15.8. The van der Waals surface area contributed by atoms with Gasteiger partial charge in [-0.25, -0.2) is 9.69 Å². The third-order valence-electron chi connectivity index (χ3n) is 4.53. The minimum absolute atomic E-state index is 0.0984. The average Bonchev–Trinajstić information content (AvgIpc) is 3.06. The summed E-state index contributed by atoms with van der Waals surface area (Å²) in [5.41, 5.74) is 2.84. The molecule has 4 rings (SSSR count). The van der Waals surface area contributed by atoms with Gasteiger partial charge in [-0.3, -0.25) is 14.9 Å². The van der Waals surface area contributed by atoms with Crippen LogP contribution in [0.5, 0.6) is 0 Å². The number of benzene rings is 2. The van der Waals surface area contributed by atoms with Crippen molar-refractivity contribution in [3.8, 4) is 5.69 Å². The first-order valence-electron chi connectivity index (χ1n) is 8.76. The Morgan fingerprint density at radius 3 is 2.04 bits per heavy atom. The van der Waals surface area contributed by atoms with Gasteiger partial charge in [0.2, 0.25) is 0 Å². The molecule has 0 saturated carbocycles. The highest BCUT2D eigenvalue weighted by atomic mass is 16.2. The standard InChI is InChI=1S/C22H17N3O3/c1-15-12-13-18(24(15)16-8-4-2-5-9-16)14-19-20(26)23-22(28)25(21(19)27)17-10-6-3-7-11-17/h2-14H,1H3,(H,23,26,28)/b19-14+. The Kier molecular flexibility index (Phi) is 4.37. The lowest BCUT2D eigenvalue weighted by molar-refractivity contribution is -0.122. The Balaban J connectivity index is 1.79. The quantitative estimate of drug-likeness (QED) is 0.566. The third-order valence-corrected chi connectivity index (χ3v) is 4.53. The number of anilines is 1. The van der Waals surface area contributed by atoms with Gasteiger partial charge < -0.3 is 4.57 Å². The number of hydrogen-bond donors (Lipinski definition) is 1. The van der Waals surface area contributed by atoms with Gasteiger partial charge in [0.15, 0.2) is 0 Å². The van der Waals surface area contributed by atoms with E-state index in [4.69, 9.17) is 0 Å². The van der Waals surface area contributed by atoms with E-state index in [-0.39, 0.29) is 5.57 Å². The first kappa shape index (κ1) is 17.5. The number of imide groups is 2.